The van der Waals surface area contributed by atoms with E-state index < -0.39 is 35.1 Å². The number of carbonyl (C=O) groups is 3. The third kappa shape index (κ3) is 6.03. The maximum Gasteiger partial charge on any atom is 0.411 e. The van der Waals surface area contributed by atoms with Crippen LogP contribution < -0.4 is 0 Å². The molecule has 0 saturated carbocycles. The summed E-state index contributed by atoms with van der Waals surface area (Å²) in [5.41, 5.74) is -1.36. The zero-order valence-corrected chi connectivity index (χ0v) is 19.5. The molecule has 34 heavy (non-hydrogen) atoms. The number of benzene rings is 2. The summed E-state index contributed by atoms with van der Waals surface area (Å²) < 4.78 is 24.3. The molecule has 1 aliphatic rings. The highest BCUT2D eigenvalue weighted by atomic mass is 19.1. The minimum atomic E-state index is -1.83. The van der Waals surface area contributed by atoms with Crippen molar-refractivity contribution in [3.63, 3.8) is 0 Å². The Labute approximate surface area is 197 Å². The molecule has 1 atom stereocenters. The van der Waals surface area contributed by atoms with Gasteiger partial charge in [-0.2, -0.15) is 0 Å². The van der Waals surface area contributed by atoms with Crippen molar-refractivity contribution in [3.05, 3.63) is 71.5 Å². The van der Waals surface area contributed by atoms with Crippen molar-refractivity contribution >= 4 is 18.2 Å². The number of ether oxygens (including phenoxy) is 2. The zero-order valence-electron chi connectivity index (χ0n) is 19.5. The number of hydrogen-bond acceptors (Lipinski definition) is 5. The van der Waals surface area contributed by atoms with Crippen LogP contribution in [0.5, 0.6) is 0 Å². The first-order valence-corrected chi connectivity index (χ1v) is 10.9. The quantitative estimate of drug-likeness (QED) is 0.705. The van der Waals surface area contributed by atoms with E-state index in [-0.39, 0.29) is 32.7 Å². The number of carboxylic acids is 1. The number of rotatable bonds is 5. The van der Waals surface area contributed by atoms with Gasteiger partial charge < -0.3 is 19.5 Å². The molecule has 8 nitrogen and oxygen atoms in total. The van der Waals surface area contributed by atoms with Crippen molar-refractivity contribution in [2.24, 2.45) is 0 Å². The third-order valence-electron chi connectivity index (χ3n) is 5.45. The average Bonchev–Trinajstić information content (AvgIpc) is 2.78. The Morgan fingerprint density at radius 3 is 2.21 bits per heavy atom. The molecule has 2 aromatic carbocycles. The van der Waals surface area contributed by atoms with E-state index in [2.05, 4.69) is 0 Å². The van der Waals surface area contributed by atoms with Crippen LogP contribution in [0.1, 0.15) is 31.9 Å². The largest absolute Gasteiger partial charge is 0.479 e. The van der Waals surface area contributed by atoms with Crippen molar-refractivity contribution < 1.29 is 33.4 Å². The van der Waals surface area contributed by atoms with Gasteiger partial charge in [-0.25, -0.2) is 18.8 Å². The van der Waals surface area contributed by atoms with E-state index in [9.17, 15) is 23.9 Å². The molecule has 182 valence electrons. The summed E-state index contributed by atoms with van der Waals surface area (Å²) in [5.74, 6) is -1.77. The number of aliphatic carboxylic acids is 1. The lowest BCUT2D eigenvalue weighted by molar-refractivity contribution is -0.154. The first-order valence-electron chi connectivity index (χ1n) is 10.9. The highest BCUT2D eigenvalue weighted by molar-refractivity contribution is 5.86. The normalized spacial score (nSPS) is 18.4. The van der Waals surface area contributed by atoms with E-state index in [1.165, 1.54) is 29.2 Å². The van der Waals surface area contributed by atoms with Crippen LogP contribution in [0.2, 0.25) is 0 Å². The van der Waals surface area contributed by atoms with Crippen LogP contribution in [0.25, 0.3) is 0 Å². The Morgan fingerprint density at radius 2 is 1.62 bits per heavy atom. The summed E-state index contributed by atoms with van der Waals surface area (Å²) in [6.07, 6.45) is -1.63. The van der Waals surface area contributed by atoms with Crippen LogP contribution in [-0.2, 0) is 27.3 Å². The van der Waals surface area contributed by atoms with Crippen LogP contribution in [0.3, 0.4) is 0 Å². The van der Waals surface area contributed by atoms with Gasteiger partial charge in [0.2, 0.25) is 0 Å². The van der Waals surface area contributed by atoms with Gasteiger partial charge in [-0.1, -0.05) is 42.5 Å². The smallest absolute Gasteiger partial charge is 0.411 e. The summed E-state index contributed by atoms with van der Waals surface area (Å²) in [4.78, 5) is 40.9. The van der Waals surface area contributed by atoms with E-state index in [0.717, 1.165) is 10.5 Å². The lowest BCUT2D eigenvalue weighted by Crippen LogP contribution is -2.69. The summed E-state index contributed by atoms with van der Waals surface area (Å²) in [5, 5.41) is 10.3. The van der Waals surface area contributed by atoms with Gasteiger partial charge in [-0.3, -0.25) is 4.90 Å². The Kier molecular flexibility index (Phi) is 7.44. The van der Waals surface area contributed by atoms with Gasteiger partial charge in [-0.05, 0) is 44.0 Å². The third-order valence-corrected chi connectivity index (χ3v) is 5.45. The van der Waals surface area contributed by atoms with E-state index >= 15 is 0 Å². The molecule has 1 fully saturated rings. The average molecular weight is 473 g/mol. The maximum atomic E-state index is 13.4. The molecule has 0 radical (unpaired) electrons. The molecule has 9 heteroatoms. The maximum absolute atomic E-state index is 13.4. The second-order valence-corrected chi connectivity index (χ2v) is 9.23. The minimum Gasteiger partial charge on any atom is -0.479 e. The lowest BCUT2D eigenvalue weighted by atomic mass is 9.86. The van der Waals surface area contributed by atoms with E-state index in [0.29, 0.717) is 5.56 Å². The van der Waals surface area contributed by atoms with Crippen molar-refractivity contribution in [2.75, 3.05) is 19.6 Å². The summed E-state index contributed by atoms with van der Waals surface area (Å²) >= 11 is 0. The molecule has 3 rings (SSSR count). The molecule has 2 amide bonds. The van der Waals surface area contributed by atoms with Gasteiger partial charge in [0, 0.05) is 19.5 Å². The number of halogens is 1. The molecule has 0 aliphatic carbocycles. The summed E-state index contributed by atoms with van der Waals surface area (Å²) in [6, 6.07) is 14.4. The molecular weight excluding hydrogens is 443 g/mol. The number of nitrogens with zero attached hydrogens (tertiary/aromatic N) is 2. The van der Waals surface area contributed by atoms with Gasteiger partial charge in [-0.15, -0.1) is 0 Å². The number of hydrogen-bond donors (Lipinski definition) is 1. The number of amides is 2. The van der Waals surface area contributed by atoms with Crippen LogP contribution in [0.4, 0.5) is 14.0 Å². The molecule has 0 aromatic heterocycles. The van der Waals surface area contributed by atoms with Gasteiger partial charge in [0.15, 0.2) is 5.54 Å². The molecule has 1 aliphatic heterocycles. The SMILES string of the molecule is CC(C)(C)OC(=O)N1CCN(C(=O)OCc2ccccc2)C(Cc2ccc(F)cc2)(C(=O)O)C1. The molecule has 2 aromatic rings. The van der Waals surface area contributed by atoms with E-state index in [1.54, 1.807) is 45.0 Å². The fourth-order valence-corrected chi connectivity index (χ4v) is 3.81. The topological polar surface area (TPSA) is 96.4 Å². The monoisotopic (exact) mass is 472 g/mol. The Hall–Kier alpha value is -3.62. The number of carbonyl (C=O) groups excluding carboxylic acids is 2. The molecule has 1 saturated heterocycles. The van der Waals surface area contributed by atoms with Crippen LogP contribution in [0, 0.1) is 5.82 Å². The standard InChI is InChI=1S/C25H29FN2O6/c1-24(2,3)34-22(31)27-13-14-28(23(32)33-16-19-7-5-4-6-8-19)25(17-27,21(29)30)15-18-9-11-20(26)12-10-18/h4-12H,13-17H2,1-3H3,(H,29,30). The Bertz CT molecular complexity index is 1020. The summed E-state index contributed by atoms with van der Waals surface area (Å²) in [6.45, 7) is 4.81. The van der Waals surface area contributed by atoms with E-state index in [4.69, 9.17) is 9.47 Å². The van der Waals surface area contributed by atoms with Crippen LogP contribution >= 0.6 is 0 Å². The van der Waals surface area contributed by atoms with Crippen molar-refractivity contribution in [1.82, 2.24) is 9.80 Å². The fraction of sp³-hybridized carbons (Fsp3) is 0.400. The molecule has 0 spiro atoms. The van der Waals surface area contributed by atoms with Gasteiger partial charge in [0.05, 0.1) is 6.54 Å². The molecule has 1 unspecified atom stereocenters. The van der Waals surface area contributed by atoms with E-state index in [1.807, 2.05) is 6.07 Å². The second kappa shape index (κ2) is 10.1. The fourth-order valence-electron chi connectivity index (χ4n) is 3.81. The number of piperazine rings is 1. The molecule has 1 heterocycles. The predicted octanol–water partition coefficient (Wildman–Crippen LogP) is 4.08. The molecular formula is C25H29FN2O6. The molecule has 0 bridgehead atoms. The van der Waals surface area contributed by atoms with Crippen molar-refractivity contribution in [1.29, 1.82) is 0 Å². The predicted molar refractivity (Wildman–Crippen MR) is 122 cm³/mol. The highest BCUT2D eigenvalue weighted by Crippen LogP contribution is 2.29. The molecule has 1 N–H and O–H groups in total. The van der Waals surface area contributed by atoms with Crippen molar-refractivity contribution in [3.8, 4) is 0 Å². The Balaban J connectivity index is 1.90. The van der Waals surface area contributed by atoms with Gasteiger partial charge in [0.1, 0.15) is 18.0 Å². The first kappa shape index (κ1) is 25.0. The second-order valence-electron chi connectivity index (χ2n) is 9.23. The lowest BCUT2D eigenvalue weighted by Gasteiger charge is -2.47. The Morgan fingerprint density at radius 1 is 0.971 bits per heavy atom. The highest BCUT2D eigenvalue weighted by Gasteiger charge is 2.52. The van der Waals surface area contributed by atoms with Gasteiger partial charge >= 0.3 is 18.2 Å². The zero-order chi connectivity index (χ0) is 24.9. The van der Waals surface area contributed by atoms with Crippen molar-refractivity contribution in [2.45, 2.75) is 44.9 Å². The summed E-state index contributed by atoms with van der Waals surface area (Å²) in [7, 11) is 0. The van der Waals surface area contributed by atoms with Gasteiger partial charge in [0.25, 0.3) is 0 Å². The van der Waals surface area contributed by atoms with Crippen LogP contribution in [-0.4, -0.2) is 63.8 Å². The van der Waals surface area contributed by atoms with Crippen LogP contribution in [0.15, 0.2) is 54.6 Å². The number of carboxylic acid groups (broad SMARTS) is 1. The first-order chi connectivity index (χ1) is 16.0. The minimum absolute atomic E-state index is 0.0296.